The zero-order chi connectivity index (χ0) is 8.91. The Morgan fingerprint density at radius 2 is 1.91 bits per heavy atom. The Bertz CT molecular complexity index is 96.0. The molecule has 0 rings (SSSR count). The van der Waals surface area contributed by atoms with Crippen LogP contribution < -0.4 is 0 Å². The lowest BCUT2D eigenvalue weighted by molar-refractivity contribution is 0.0520. The first-order valence-corrected chi connectivity index (χ1v) is 3.97. The maximum atomic E-state index is 9.26. The van der Waals surface area contributed by atoms with Gasteiger partial charge in [-0.25, -0.2) is 0 Å². The summed E-state index contributed by atoms with van der Waals surface area (Å²) in [4.78, 5) is 0. The van der Waals surface area contributed by atoms with Crippen LogP contribution in [0.25, 0.3) is 0 Å². The SMILES string of the molecule is CC(C)(O)CCCC(O)CO. The summed E-state index contributed by atoms with van der Waals surface area (Å²) in [6.45, 7) is 3.28. The first-order valence-electron chi connectivity index (χ1n) is 3.97. The number of aliphatic hydroxyl groups is 3. The first-order chi connectivity index (χ1) is 4.95. The highest BCUT2D eigenvalue weighted by atomic mass is 16.3. The van der Waals surface area contributed by atoms with Crippen LogP contribution in [0.4, 0.5) is 0 Å². The Labute approximate surface area is 67.7 Å². The van der Waals surface area contributed by atoms with Gasteiger partial charge >= 0.3 is 0 Å². The molecule has 0 radical (unpaired) electrons. The fourth-order valence-corrected chi connectivity index (χ4v) is 0.862. The second kappa shape index (κ2) is 4.70. The van der Waals surface area contributed by atoms with Crippen molar-refractivity contribution >= 4 is 0 Å². The van der Waals surface area contributed by atoms with Crippen LogP contribution in [-0.2, 0) is 0 Å². The minimum absolute atomic E-state index is 0.189. The highest BCUT2D eigenvalue weighted by Gasteiger charge is 2.12. The molecule has 3 N–H and O–H groups in total. The molecule has 0 saturated carbocycles. The normalized spacial score (nSPS) is 15.0. The summed E-state index contributed by atoms with van der Waals surface area (Å²) in [6.07, 6.45) is 1.33. The largest absolute Gasteiger partial charge is 0.394 e. The molecule has 11 heavy (non-hydrogen) atoms. The molecule has 0 aliphatic heterocycles. The van der Waals surface area contributed by atoms with E-state index < -0.39 is 11.7 Å². The molecule has 0 aliphatic carbocycles. The van der Waals surface area contributed by atoms with Crippen molar-refractivity contribution in [2.24, 2.45) is 0 Å². The Morgan fingerprint density at radius 1 is 1.36 bits per heavy atom. The molecule has 68 valence electrons. The van der Waals surface area contributed by atoms with E-state index in [1.807, 2.05) is 0 Å². The van der Waals surface area contributed by atoms with E-state index in [0.717, 1.165) is 6.42 Å². The molecule has 0 amide bonds. The topological polar surface area (TPSA) is 60.7 Å². The van der Waals surface area contributed by atoms with Crippen LogP contribution in [0.5, 0.6) is 0 Å². The van der Waals surface area contributed by atoms with Gasteiger partial charge in [0.1, 0.15) is 0 Å². The number of rotatable bonds is 5. The van der Waals surface area contributed by atoms with Crippen LogP contribution in [0.3, 0.4) is 0 Å². The summed E-state index contributed by atoms with van der Waals surface area (Å²) in [5.41, 5.74) is -0.658. The van der Waals surface area contributed by atoms with Crippen molar-refractivity contribution in [2.45, 2.75) is 44.8 Å². The first kappa shape index (κ1) is 10.9. The quantitative estimate of drug-likeness (QED) is 0.544. The molecule has 3 heteroatoms. The Morgan fingerprint density at radius 3 is 2.27 bits per heavy atom. The van der Waals surface area contributed by atoms with Gasteiger partial charge in [0.25, 0.3) is 0 Å². The van der Waals surface area contributed by atoms with Crippen LogP contribution in [-0.4, -0.2) is 33.6 Å². The molecule has 1 unspecified atom stereocenters. The molecule has 0 aromatic carbocycles. The third-order valence-corrected chi connectivity index (χ3v) is 1.54. The maximum Gasteiger partial charge on any atom is 0.0771 e. The van der Waals surface area contributed by atoms with Gasteiger partial charge < -0.3 is 15.3 Å². The smallest absolute Gasteiger partial charge is 0.0771 e. The van der Waals surface area contributed by atoms with Crippen LogP contribution in [0.2, 0.25) is 0 Å². The van der Waals surface area contributed by atoms with Crippen LogP contribution in [0, 0.1) is 0 Å². The molecule has 0 aliphatic rings. The molecule has 1 atom stereocenters. The lowest BCUT2D eigenvalue weighted by Gasteiger charge is -2.17. The molecular weight excluding hydrogens is 144 g/mol. The van der Waals surface area contributed by atoms with Gasteiger partial charge in [-0.05, 0) is 33.1 Å². The molecule has 0 spiro atoms. The van der Waals surface area contributed by atoms with Crippen LogP contribution in [0.1, 0.15) is 33.1 Å². The van der Waals surface area contributed by atoms with E-state index in [2.05, 4.69) is 0 Å². The molecular formula is C8H18O3. The fraction of sp³-hybridized carbons (Fsp3) is 1.00. The van der Waals surface area contributed by atoms with Crippen molar-refractivity contribution in [1.82, 2.24) is 0 Å². The van der Waals surface area contributed by atoms with E-state index in [-0.39, 0.29) is 6.61 Å². The van der Waals surface area contributed by atoms with E-state index in [4.69, 9.17) is 10.2 Å². The summed E-state index contributed by atoms with van der Waals surface area (Å²) in [6, 6.07) is 0. The van der Waals surface area contributed by atoms with Crippen molar-refractivity contribution in [2.75, 3.05) is 6.61 Å². The maximum absolute atomic E-state index is 9.26. The Hall–Kier alpha value is -0.120. The van der Waals surface area contributed by atoms with Crippen molar-refractivity contribution in [3.63, 3.8) is 0 Å². The van der Waals surface area contributed by atoms with Gasteiger partial charge in [-0.2, -0.15) is 0 Å². The summed E-state index contributed by atoms with van der Waals surface area (Å²) in [7, 11) is 0. The highest BCUT2D eigenvalue weighted by molar-refractivity contribution is 4.65. The summed E-state index contributed by atoms with van der Waals surface area (Å²) in [5.74, 6) is 0. The fourth-order valence-electron chi connectivity index (χ4n) is 0.862. The number of aliphatic hydroxyl groups excluding tert-OH is 2. The summed E-state index contributed by atoms with van der Waals surface area (Å²) >= 11 is 0. The predicted molar refractivity (Wildman–Crippen MR) is 43.2 cm³/mol. The van der Waals surface area contributed by atoms with Crippen molar-refractivity contribution in [3.05, 3.63) is 0 Å². The van der Waals surface area contributed by atoms with Gasteiger partial charge in [-0.3, -0.25) is 0 Å². The monoisotopic (exact) mass is 162 g/mol. The van der Waals surface area contributed by atoms with Gasteiger partial charge in [-0.1, -0.05) is 0 Å². The van der Waals surface area contributed by atoms with Crippen molar-refractivity contribution in [3.8, 4) is 0 Å². The molecule has 0 fully saturated rings. The molecule has 3 nitrogen and oxygen atoms in total. The van der Waals surface area contributed by atoms with E-state index in [1.165, 1.54) is 0 Å². The minimum Gasteiger partial charge on any atom is -0.394 e. The zero-order valence-electron chi connectivity index (χ0n) is 7.25. The minimum atomic E-state index is -0.658. The van der Waals surface area contributed by atoms with Gasteiger partial charge in [0.05, 0.1) is 18.3 Å². The molecule has 0 heterocycles. The van der Waals surface area contributed by atoms with Crippen molar-refractivity contribution < 1.29 is 15.3 Å². The second-order valence-corrected chi connectivity index (χ2v) is 3.54. The Kier molecular flexibility index (Phi) is 4.65. The number of hydrogen-bond acceptors (Lipinski definition) is 3. The molecule has 0 saturated heterocycles. The molecule has 0 aromatic heterocycles. The Balaban J connectivity index is 3.28. The van der Waals surface area contributed by atoms with Gasteiger partial charge in [-0.15, -0.1) is 0 Å². The lowest BCUT2D eigenvalue weighted by Crippen LogP contribution is -2.20. The molecule has 0 aromatic rings. The zero-order valence-corrected chi connectivity index (χ0v) is 7.25. The van der Waals surface area contributed by atoms with Crippen LogP contribution in [0.15, 0.2) is 0 Å². The highest BCUT2D eigenvalue weighted by Crippen LogP contribution is 2.12. The lowest BCUT2D eigenvalue weighted by atomic mass is 10.0. The second-order valence-electron chi connectivity index (χ2n) is 3.54. The van der Waals surface area contributed by atoms with E-state index >= 15 is 0 Å². The summed E-state index contributed by atoms with van der Waals surface area (Å²) in [5, 5.41) is 26.6. The van der Waals surface area contributed by atoms with Crippen LogP contribution >= 0.6 is 0 Å². The predicted octanol–water partition coefficient (Wildman–Crippen LogP) is 0.281. The van der Waals surface area contributed by atoms with Gasteiger partial charge in [0.2, 0.25) is 0 Å². The summed E-state index contributed by atoms with van der Waals surface area (Å²) < 4.78 is 0. The average Bonchev–Trinajstić information content (AvgIpc) is 1.85. The average molecular weight is 162 g/mol. The van der Waals surface area contributed by atoms with Crippen molar-refractivity contribution in [1.29, 1.82) is 0 Å². The number of hydrogen-bond donors (Lipinski definition) is 3. The van der Waals surface area contributed by atoms with E-state index in [0.29, 0.717) is 12.8 Å². The van der Waals surface area contributed by atoms with Gasteiger partial charge in [0, 0.05) is 0 Å². The standard InChI is InChI=1S/C8H18O3/c1-8(2,11)5-3-4-7(10)6-9/h7,9-11H,3-6H2,1-2H3. The third-order valence-electron chi connectivity index (χ3n) is 1.54. The molecule has 0 bridgehead atoms. The van der Waals surface area contributed by atoms with E-state index in [1.54, 1.807) is 13.8 Å². The van der Waals surface area contributed by atoms with E-state index in [9.17, 15) is 5.11 Å². The van der Waals surface area contributed by atoms with Gasteiger partial charge in [0.15, 0.2) is 0 Å². The third kappa shape index (κ3) is 7.78.